The summed E-state index contributed by atoms with van der Waals surface area (Å²) >= 11 is 0. The number of rotatable bonds is 0. The summed E-state index contributed by atoms with van der Waals surface area (Å²) in [6, 6.07) is 4.69. The smallest absolute Gasteiger partial charge is 0.0155 e. The van der Waals surface area contributed by atoms with E-state index in [9.17, 15) is 0 Å². The topological polar surface area (TPSA) is 0 Å². The van der Waals surface area contributed by atoms with Crippen molar-refractivity contribution in [3.05, 3.63) is 34.4 Å². The van der Waals surface area contributed by atoms with Gasteiger partial charge in [0.05, 0.1) is 0 Å². The lowest BCUT2D eigenvalue weighted by molar-refractivity contribution is 0.582. The highest BCUT2D eigenvalue weighted by Gasteiger charge is 2.45. The average Bonchev–Trinajstić information content (AvgIpc) is 2.51. The van der Waals surface area contributed by atoms with Gasteiger partial charge in [-0.15, -0.1) is 0 Å². The van der Waals surface area contributed by atoms with Gasteiger partial charge in [0.2, 0.25) is 0 Å². The maximum atomic E-state index is 2.35. The summed E-state index contributed by atoms with van der Waals surface area (Å²) in [6.45, 7) is 13.8. The normalized spacial score (nSPS) is 17.9. The zero-order valence-corrected chi connectivity index (χ0v) is 10.2. The van der Waals surface area contributed by atoms with Crippen LogP contribution in [0, 0.1) is 6.92 Å². The summed E-state index contributed by atoms with van der Waals surface area (Å²) < 4.78 is 0. The van der Waals surface area contributed by atoms with E-state index < -0.39 is 0 Å². The van der Waals surface area contributed by atoms with E-state index in [-0.39, 0.29) is 5.41 Å². The molecule has 0 atom stereocenters. The molecule has 1 aliphatic rings. The third-order valence-corrected chi connectivity index (χ3v) is 3.33. The van der Waals surface area contributed by atoms with E-state index in [1.54, 1.807) is 11.1 Å². The van der Waals surface area contributed by atoms with E-state index >= 15 is 0 Å². The van der Waals surface area contributed by atoms with Crippen LogP contribution in [0.25, 0.3) is 0 Å². The van der Waals surface area contributed by atoms with Crippen molar-refractivity contribution in [2.45, 2.75) is 52.4 Å². The number of fused-ring (bicyclic) bond motifs is 1. The van der Waals surface area contributed by atoms with Gasteiger partial charge < -0.3 is 0 Å². The molecule has 0 nitrogen and oxygen atoms in total. The number of aryl methyl sites for hydroxylation is 1. The Morgan fingerprint density at radius 1 is 1.07 bits per heavy atom. The zero-order valence-electron chi connectivity index (χ0n) is 10.2. The van der Waals surface area contributed by atoms with Gasteiger partial charge in [0, 0.05) is 5.41 Å². The molecule has 14 heavy (non-hydrogen) atoms. The number of hydrogen-bond acceptors (Lipinski definition) is 0. The highest BCUT2D eigenvalue weighted by molar-refractivity contribution is 5.64. The van der Waals surface area contributed by atoms with Crippen LogP contribution in [0.15, 0.2) is 12.1 Å². The Kier molecular flexibility index (Phi) is 1.69. The minimum atomic E-state index is 0.282. The molecule has 1 aromatic carbocycles. The molecule has 0 aliphatic heterocycles. The molecule has 0 bridgehead atoms. The minimum absolute atomic E-state index is 0.282. The van der Waals surface area contributed by atoms with E-state index in [1.165, 1.54) is 11.1 Å². The SMILES string of the molecule is Cc1cc(C(C)(C)C)c2c(c1)C2(C)C. The lowest BCUT2D eigenvalue weighted by Crippen LogP contribution is -2.12. The molecule has 0 N–H and O–H groups in total. The first-order valence-electron chi connectivity index (χ1n) is 5.40. The fraction of sp³-hybridized carbons (Fsp3) is 0.571. The Balaban J connectivity index is 2.62. The molecule has 0 saturated heterocycles. The molecule has 2 rings (SSSR count). The predicted molar refractivity (Wildman–Crippen MR) is 62.0 cm³/mol. The molecular formula is C14H20. The molecule has 0 amide bonds. The summed E-state index contributed by atoms with van der Waals surface area (Å²) in [7, 11) is 0. The Morgan fingerprint density at radius 2 is 1.64 bits per heavy atom. The van der Waals surface area contributed by atoms with E-state index in [4.69, 9.17) is 0 Å². The molecule has 0 radical (unpaired) electrons. The lowest BCUT2D eigenvalue weighted by atomic mass is 9.84. The van der Waals surface area contributed by atoms with Crippen molar-refractivity contribution in [2.24, 2.45) is 0 Å². The van der Waals surface area contributed by atoms with Gasteiger partial charge in [-0.1, -0.05) is 52.3 Å². The molecule has 0 unspecified atom stereocenters. The average molecular weight is 188 g/mol. The predicted octanol–water partition coefficient (Wildman–Crippen LogP) is 3.93. The largest absolute Gasteiger partial charge is 0.0561 e. The molecule has 0 spiro atoms. The molecule has 0 fully saturated rings. The second-order valence-corrected chi connectivity index (χ2v) is 6.11. The van der Waals surface area contributed by atoms with Crippen molar-refractivity contribution in [3.8, 4) is 0 Å². The van der Waals surface area contributed by atoms with Crippen LogP contribution in [0.5, 0.6) is 0 Å². The van der Waals surface area contributed by atoms with Crippen LogP contribution in [-0.4, -0.2) is 0 Å². The summed E-state index contributed by atoms with van der Waals surface area (Å²) in [5, 5.41) is 0. The first-order chi connectivity index (χ1) is 6.24. The minimum Gasteiger partial charge on any atom is -0.0561 e. The highest BCUT2D eigenvalue weighted by atomic mass is 14.5. The van der Waals surface area contributed by atoms with Crippen LogP contribution in [-0.2, 0) is 10.8 Å². The summed E-state index contributed by atoms with van der Waals surface area (Å²) in [6.07, 6.45) is 0. The molecule has 0 saturated carbocycles. The van der Waals surface area contributed by atoms with Crippen LogP contribution >= 0.6 is 0 Å². The molecular weight excluding hydrogens is 168 g/mol. The monoisotopic (exact) mass is 188 g/mol. The van der Waals surface area contributed by atoms with Gasteiger partial charge >= 0.3 is 0 Å². The van der Waals surface area contributed by atoms with Gasteiger partial charge in [-0.25, -0.2) is 0 Å². The van der Waals surface area contributed by atoms with Crippen molar-refractivity contribution >= 4 is 0 Å². The molecule has 0 aromatic heterocycles. The summed E-state index contributed by atoms with van der Waals surface area (Å²) in [5.74, 6) is 0. The molecule has 0 heterocycles. The fourth-order valence-electron chi connectivity index (χ4n) is 2.39. The van der Waals surface area contributed by atoms with Crippen LogP contribution in [0.1, 0.15) is 56.9 Å². The molecule has 76 valence electrons. The Hall–Kier alpha value is -0.780. The van der Waals surface area contributed by atoms with Crippen LogP contribution in [0.2, 0.25) is 0 Å². The van der Waals surface area contributed by atoms with E-state index in [2.05, 4.69) is 53.7 Å². The lowest BCUT2D eigenvalue weighted by Gasteiger charge is -2.20. The van der Waals surface area contributed by atoms with Gasteiger partial charge in [0.25, 0.3) is 0 Å². The molecule has 0 heteroatoms. The Labute approximate surface area is 87.3 Å². The van der Waals surface area contributed by atoms with Gasteiger partial charge in [-0.05, 0) is 29.0 Å². The third kappa shape index (κ3) is 1.20. The van der Waals surface area contributed by atoms with E-state index in [0.717, 1.165) is 0 Å². The fourth-order valence-corrected chi connectivity index (χ4v) is 2.39. The molecule has 1 aliphatic carbocycles. The maximum absolute atomic E-state index is 2.35. The first kappa shape index (κ1) is 9.76. The molecule has 1 aromatic rings. The first-order valence-corrected chi connectivity index (χ1v) is 5.40. The summed E-state index contributed by atoms with van der Waals surface area (Å²) in [4.78, 5) is 0. The zero-order chi connectivity index (χ0) is 10.7. The van der Waals surface area contributed by atoms with Crippen LogP contribution in [0.3, 0.4) is 0 Å². The van der Waals surface area contributed by atoms with Crippen LogP contribution < -0.4 is 0 Å². The Bertz CT molecular complexity index is 389. The highest BCUT2D eigenvalue weighted by Crippen LogP contribution is 2.54. The maximum Gasteiger partial charge on any atom is 0.0155 e. The quantitative estimate of drug-likeness (QED) is 0.578. The van der Waals surface area contributed by atoms with Crippen molar-refractivity contribution in [1.82, 2.24) is 0 Å². The number of benzene rings is 1. The number of hydrogen-bond donors (Lipinski definition) is 0. The van der Waals surface area contributed by atoms with Gasteiger partial charge in [-0.3, -0.25) is 0 Å². The van der Waals surface area contributed by atoms with Crippen molar-refractivity contribution in [2.75, 3.05) is 0 Å². The second-order valence-electron chi connectivity index (χ2n) is 6.11. The standard InChI is InChI=1S/C14H20/c1-9-7-10(13(2,3)4)12-11(8-9)14(12,5)6/h7-8H,1-6H3. The Morgan fingerprint density at radius 3 is 2.14 bits per heavy atom. The van der Waals surface area contributed by atoms with E-state index in [0.29, 0.717) is 5.41 Å². The van der Waals surface area contributed by atoms with Gasteiger partial charge in [0.15, 0.2) is 0 Å². The van der Waals surface area contributed by atoms with Crippen molar-refractivity contribution < 1.29 is 0 Å². The van der Waals surface area contributed by atoms with Crippen molar-refractivity contribution in [3.63, 3.8) is 0 Å². The van der Waals surface area contributed by atoms with Gasteiger partial charge in [0.1, 0.15) is 0 Å². The third-order valence-electron chi connectivity index (χ3n) is 3.33. The van der Waals surface area contributed by atoms with Gasteiger partial charge in [-0.2, -0.15) is 0 Å². The van der Waals surface area contributed by atoms with Crippen LogP contribution in [0.4, 0.5) is 0 Å². The van der Waals surface area contributed by atoms with Crippen molar-refractivity contribution in [1.29, 1.82) is 0 Å². The summed E-state index contributed by atoms with van der Waals surface area (Å²) in [5.41, 5.74) is 6.72. The van der Waals surface area contributed by atoms with E-state index in [1.807, 2.05) is 0 Å². The second kappa shape index (κ2) is 2.42.